The maximum atomic E-state index is 13.2. The Morgan fingerprint density at radius 3 is 2.56 bits per heavy atom. The Balaban J connectivity index is 3.08. The van der Waals surface area contributed by atoms with Gasteiger partial charge in [-0.15, -0.1) is 0 Å². The lowest BCUT2D eigenvalue weighted by molar-refractivity contribution is 0.535. The molecule has 0 spiro atoms. The van der Waals surface area contributed by atoms with Gasteiger partial charge >= 0.3 is 0 Å². The number of rotatable bonds is 4. The van der Waals surface area contributed by atoms with Crippen LogP contribution in [0.5, 0.6) is 0 Å². The Hall–Kier alpha value is -1.05. The fraction of sp³-hybridized carbons (Fsp3) is 0.333. The maximum absolute atomic E-state index is 13.2. The summed E-state index contributed by atoms with van der Waals surface area (Å²) >= 11 is 0. The molecule has 0 amide bonds. The monoisotopic (exact) mass is 250 g/mol. The van der Waals surface area contributed by atoms with Crippen molar-refractivity contribution in [2.45, 2.75) is 17.9 Å². The molecule has 0 saturated carbocycles. The van der Waals surface area contributed by atoms with Crippen molar-refractivity contribution >= 4 is 10.0 Å². The smallest absolute Gasteiger partial charge is 0.243 e. The van der Waals surface area contributed by atoms with E-state index in [4.69, 9.17) is 5.73 Å². The molecule has 0 aliphatic heterocycles. The topological polar surface area (TPSA) is 72.2 Å². The summed E-state index contributed by atoms with van der Waals surface area (Å²) in [6, 6.07) is 1.75. The fourth-order valence-corrected chi connectivity index (χ4v) is 2.39. The van der Waals surface area contributed by atoms with E-state index in [-0.39, 0.29) is 6.54 Å². The Labute approximate surface area is 92.5 Å². The quantitative estimate of drug-likeness (QED) is 0.821. The first-order valence-corrected chi connectivity index (χ1v) is 6.02. The van der Waals surface area contributed by atoms with Gasteiger partial charge in [-0.25, -0.2) is 21.9 Å². The molecule has 0 radical (unpaired) electrons. The second-order valence-electron chi connectivity index (χ2n) is 3.33. The minimum absolute atomic E-state index is 0.0854. The van der Waals surface area contributed by atoms with Gasteiger partial charge in [0.05, 0.1) is 0 Å². The minimum atomic E-state index is -3.99. The van der Waals surface area contributed by atoms with Gasteiger partial charge in [-0.2, -0.15) is 0 Å². The normalized spacial score (nSPS) is 13.8. The van der Waals surface area contributed by atoms with Gasteiger partial charge in [0.1, 0.15) is 16.5 Å². The molecule has 7 heteroatoms. The SMILES string of the molecule is C[C@H](CN)NS(=O)(=O)c1ccc(F)cc1F. The van der Waals surface area contributed by atoms with Crippen LogP contribution < -0.4 is 10.5 Å². The molecule has 0 aliphatic rings. The van der Waals surface area contributed by atoms with Crippen molar-refractivity contribution in [3.05, 3.63) is 29.8 Å². The molecule has 0 unspecified atom stereocenters. The lowest BCUT2D eigenvalue weighted by atomic mass is 10.3. The Kier molecular flexibility index (Phi) is 3.95. The first-order chi connectivity index (χ1) is 7.36. The van der Waals surface area contributed by atoms with Crippen LogP contribution >= 0.6 is 0 Å². The minimum Gasteiger partial charge on any atom is -0.329 e. The first-order valence-electron chi connectivity index (χ1n) is 4.54. The molecule has 0 heterocycles. The molecule has 4 nitrogen and oxygen atoms in total. The molecule has 1 aromatic rings. The third kappa shape index (κ3) is 2.97. The van der Waals surface area contributed by atoms with E-state index in [1.165, 1.54) is 0 Å². The van der Waals surface area contributed by atoms with Gasteiger partial charge in [-0.3, -0.25) is 0 Å². The second kappa shape index (κ2) is 4.86. The molecule has 0 fully saturated rings. The van der Waals surface area contributed by atoms with Crippen molar-refractivity contribution in [1.29, 1.82) is 0 Å². The lowest BCUT2D eigenvalue weighted by Crippen LogP contribution is -2.38. The van der Waals surface area contributed by atoms with E-state index < -0.39 is 32.6 Å². The molecule has 0 saturated heterocycles. The molecular weight excluding hydrogens is 238 g/mol. The van der Waals surface area contributed by atoms with Gasteiger partial charge in [0.15, 0.2) is 0 Å². The maximum Gasteiger partial charge on any atom is 0.243 e. The largest absolute Gasteiger partial charge is 0.329 e. The van der Waals surface area contributed by atoms with Crippen LogP contribution in [0, 0.1) is 11.6 Å². The van der Waals surface area contributed by atoms with E-state index in [9.17, 15) is 17.2 Å². The molecule has 1 aromatic carbocycles. The van der Waals surface area contributed by atoms with Crippen LogP contribution in [0.1, 0.15) is 6.92 Å². The molecule has 1 rings (SSSR count). The van der Waals surface area contributed by atoms with Gasteiger partial charge in [-0.1, -0.05) is 0 Å². The number of hydrogen-bond donors (Lipinski definition) is 2. The van der Waals surface area contributed by atoms with Crippen LogP contribution in [0.3, 0.4) is 0 Å². The van der Waals surface area contributed by atoms with Crippen molar-refractivity contribution in [3.63, 3.8) is 0 Å². The predicted octanol–water partition coefficient (Wildman–Crippen LogP) is 0.590. The summed E-state index contributed by atoms with van der Waals surface area (Å²) in [5, 5.41) is 0. The van der Waals surface area contributed by atoms with E-state index in [0.717, 1.165) is 12.1 Å². The molecule has 3 N–H and O–H groups in total. The van der Waals surface area contributed by atoms with Crippen molar-refractivity contribution in [3.8, 4) is 0 Å². The molecule has 90 valence electrons. The van der Waals surface area contributed by atoms with E-state index in [0.29, 0.717) is 6.07 Å². The van der Waals surface area contributed by atoms with E-state index >= 15 is 0 Å². The first kappa shape index (κ1) is 13.0. The van der Waals surface area contributed by atoms with E-state index in [1.54, 1.807) is 6.92 Å². The van der Waals surface area contributed by atoms with Crippen molar-refractivity contribution in [2.24, 2.45) is 5.73 Å². The summed E-state index contributed by atoms with van der Waals surface area (Å²) < 4.78 is 51.2. The zero-order valence-corrected chi connectivity index (χ0v) is 9.39. The molecule has 1 atom stereocenters. The second-order valence-corrected chi connectivity index (χ2v) is 5.02. The fourth-order valence-electron chi connectivity index (χ4n) is 1.07. The average molecular weight is 250 g/mol. The molecule has 0 aliphatic carbocycles. The highest BCUT2D eigenvalue weighted by molar-refractivity contribution is 7.89. The highest BCUT2D eigenvalue weighted by atomic mass is 32.2. The number of sulfonamides is 1. The van der Waals surface area contributed by atoms with Crippen LogP contribution in [0.25, 0.3) is 0 Å². The third-order valence-corrected chi connectivity index (χ3v) is 3.52. The van der Waals surface area contributed by atoms with Crippen molar-refractivity contribution < 1.29 is 17.2 Å². The molecule has 16 heavy (non-hydrogen) atoms. The predicted molar refractivity (Wildman–Crippen MR) is 55.2 cm³/mol. The van der Waals surface area contributed by atoms with Gasteiger partial charge in [0, 0.05) is 18.7 Å². The summed E-state index contributed by atoms with van der Waals surface area (Å²) in [6.07, 6.45) is 0. The average Bonchev–Trinajstić information content (AvgIpc) is 2.16. The van der Waals surface area contributed by atoms with Crippen molar-refractivity contribution in [2.75, 3.05) is 6.54 Å². The summed E-state index contributed by atoms with van der Waals surface area (Å²) in [7, 11) is -3.99. The van der Waals surface area contributed by atoms with Gasteiger partial charge in [0.2, 0.25) is 10.0 Å². The summed E-state index contributed by atoms with van der Waals surface area (Å²) in [4.78, 5) is -0.589. The van der Waals surface area contributed by atoms with Crippen LogP contribution in [-0.2, 0) is 10.0 Å². The zero-order valence-electron chi connectivity index (χ0n) is 8.57. The number of nitrogens with two attached hydrogens (primary N) is 1. The van der Waals surface area contributed by atoms with Gasteiger partial charge in [0.25, 0.3) is 0 Å². The highest BCUT2D eigenvalue weighted by Crippen LogP contribution is 2.15. The number of nitrogens with one attached hydrogen (secondary N) is 1. The zero-order chi connectivity index (χ0) is 12.3. The van der Waals surface area contributed by atoms with Gasteiger partial charge in [-0.05, 0) is 19.1 Å². The third-order valence-electron chi connectivity index (χ3n) is 1.89. The standard InChI is InChI=1S/C9H12F2N2O2S/c1-6(5-12)13-16(14,15)9-3-2-7(10)4-8(9)11/h2-4,6,13H,5,12H2,1H3/t6-/m1/s1. The summed E-state index contributed by atoms with van der Waals surface area (Å²) in [5.74, 6) is -1.96. The highest BCUT2D eigenvalue weighted by Gasteiger charge is 2.20. The Bertz CT molecular complexity index is 476. The Morgan fingerprint density at radius 1 is 1.44 bits per heavy atom. The molecule has 0 aromatic heterocycles. The van der Waals surface area contributed by atoms with E-state index in [1.807, 2.05) is 0 Å². The van der Waals surface area contributed by atoms with Crippen LogP contribution in [0.4, 0.5) is 8.78 Å². The van der Waals surface area contributed by atoms with Crippen LogP contribution in [-0.4, -0.2) is 21.0 Å². The number of halogens is 2. The lowest BCUT2D eigenvalue weighted by Gasteiger charge is -2.12. The number of hydrogen-bond acceptors (Lipinski definition) is 3. The van der Waals surface area contributed by atoms with Crippen LogP contribution in [0.2, 0.25) is 0 Å². The summed E-state index contributed by atoms with van der Waals surface area (Å²) in [5.41, 5.74) is 5.24. The van der Waals surface area contributed by atoms with Gasteiger partial charge < -0.3 is 5.73 Å². The summed E-state index contributed by atoms with van der Waals surface area (Å²) in [6.45, 7) is 1.63. The molecular formula is C9H12F2N2O2S. The number of benzene rings is 1. The Morgan fingerprint density at radius 2 is 2.06 bits per heavy atom. The molecule has 0 bridgehead atoms. The van der Waals surface area contributed by atoms with Crippen molar-refractivity contribution in [1.82, 2.24) is 4.72 Å². The van der Waals surface area contributed by atoms with E-state index in [2.05, 4.69) is 4.72 Å². The van der Waals surface area contributed by atoms with Crippen LogP contribution in [0.15, 0.2) is 23.1 Å².